The average molecular weight is 313 g/mol. The quantitative estimate of drug-likeness (QED) is 0.273. The molecule has 0 saturated heterocycles. The zero-order chi connectivity index (χ0) is 17.2. The van der Waals surface area contributed by atoms with Crippen LogP contribution in [-0.4, -0.2) is 32.2 Å². The van der Waals surface area contributed by atoms with Gasteiger partial charge in [0.2, 0.25) is 0 Å². The van der Waals surface area contributed by atoms with Gasteiger partial charge in [0.15, 0.2) is 0 Å². The van der Waals surface area contributed by atoms with E-state index in [1.165, 1.54) is 57.9 Å². The van der Waals surface area contributed by atoms with Gasteiger partial charge in [0.05, 0.1) is 27.7 Å². The second-order valence-electron chi connectivity index (χ2n) is 9.19. The topological polar surface area (TPSA) is 0 Å². The van der Waals surface area contributed by atoms with Gasteiger partial charge in [-0.05, 0) is 36.5 Å². The molecule has 0 rings (SSSR count). The molecule has 0 spiro atoms. The minimum Gasteiger partial charge on any atom is -0.331 e. The van der Waals surface area contributed by atoms with Gasteiger partial charge in [-0.1, -0.05) is 73.1 Å². The predicted octanol–water partition coefficient (Wildman–Crippen LogP) is 6.38. The molecule has 3 unspecified atom stereocenters. The molecule has 0 fully saturated rings. The lowest BCUT2D eigenvalue weighted by Gasteiger charge is -2.28. The molecule has 0 heterocycles. The van der Waals surface area contributed by atoms with Gasteiger partial charge in [0, 0.05) is 0 Å². The van der Waals surface area contributed by atoms with Crippen LogP contribution in [0.3, 0.4) is 0 Å². The van der Waals surface area contributed by atoms with E-state index in [2.05, 4.69) is 55.8 Å². The van der Waals surface area contributed by atoms with Gasteiger partial charge >= 0.3 is 0 Å². The van der Waals surface area contributed by atoms with E-state index >= 15 is 0 Å². The minimum atomic E-state index is 0.837. The third-order valence-electron chi connectivity index (χ3n) is 5.60. The first-order valence-electron chi connectivity index (χ1n) is 9.97. The fraction of sp³-hybridized carbons (Fsp3) is 1.00. The Morgan fingerprint density at radius 1 is 0.682 bits per heavy atom. The SMILES string of the molecule is CCCCCC(CCC[N+](C)(C)C)C(C)CCC(C)C(C)C. The minimum absolute atomic E-state index is 0.837. The fourth-order valence-corrected chi connectivity index (χ4v) is 3.29. The lowest BCUT2D eigenvalue weighted by atomic mass is 9.80. The summed E-state index contributed by atoms with van der Waals surface area (Å²) in [6, 6.07) is 0. The summed E-state index contributed by atoms with van der Waals surface area (Å²) in [5.41, 5.74) is 0. The van der Waals surface area contributed by atoms with Gasteiger partial charge < -0.3 is 4.48 Å². The molecule has 0 aliphatic heterocycles. The van der Waals surface area contributed by atoms with Crippen molar-refractivity contribution in [1.29, 1.82) is 0 Å². The molecule has 0 amide bonds. The molecule has 0 aromatic carbocycles. The van der Waals surface area contributed by atoms with Crippen LogP contribution in [0.25, 0.3) is 0 Å². The van der Waals surface area contributed by atoms with E-state index in [0.29, 0.717) is 0 Å². The van der Waals surface area contributed by atoms with Crippen LogP contribution in [0, 0.1) is 23.7 Å². The first-order valence-corrected chi connectivity index (χ1v) is 9.97. The van der Waals surface area contributed by atoms with Crippen molar-refractivity contribution in [3.63, 3.8) is 0 Å². The van der Waals surface area contributed by atoms with Crippen LogP contribution in [0.1, 0.15) is 86.0 Å². The first-order chi connectivity index (χ1) is 10.2. The van der Waals surface area contributed by atoms with Crippen LogP contribution in [0.2, 0.25) is 0 Å². The summed E-state index contributed by atoms with van der Waals surface area (Å²) in [4.78, 5) is 0. The summed E-state index contributed by atoms with van der Waals surface area (Å²) in [5.74, 6) is 3.58. The number of rotatable bonds is 13. The number of hydrogen-bond acceptors (Lipinski definition) is 0. The second kappa shape index (κ2) is 11.5. The number of nitrogens with zero attached hydrogens (tertiary/aromatic N) is 1. The van der Waals surface area contributed by atoms with Crippen LogP contribution < -0.4 is 0 Å². The Hall–Kier alpha value is -0.0400. The summed E-state index contributed by atoms with van der Waals surface area (Å²) in [6.45, 7) is 13.3. The van der Waals surface area contributed by atoms with Crippen LogP contribution in [0.5, 0.6) is 0 Å². The van der Waals surface area contributed by atoms with E-state index in [4.69, 9.17) is 0 Å². The molecule has 3 atom stereocenters. The van der Waals surface area contributed by atoms with Crippen molar-refractivity contribution in [2.75, 3.05) is 27.7 Å². The Labute approximate surface area is 142 Å². The third-order valence-corrected chi connectivity index (χ3v) is 5.60. The number of hydrogen-bond donors (Lipinski definition) is 0. The maximum Gasteiger partial charge on any atom is 0.0780 e. The molecule has 0 aliphatic carbocycles. The zero-order valence-electron chi connectivity index (χ0n) is 17.1. The molecule has 22 heavy (non-hydrogen) atoms. The highest BCUT2D eigenvalue weighted by Crippen LogP contribution is 2.30. The molecular formula is C21H46N+. The Morgan fingerprint density at radius 3 is 1.73 bits per heavy atom. The molecule has 1 heteroatoms. The molecule has 0 aromatic rings. The monoisotopic (exact) mass is 312 g/mol. The van der Waals surface area contributed by atoms with Crippen LogP contribution >= 0.6 is 0 Å². The smallest absolute Gasteiger partial charge is 0.0780 e. The molecule has 1 nitrogen and oxygen atoms in total. The molecule has 0 radical (unpaired) electrons. The fourth-order valence-electron chi connectivity index (χ4n) is 3.29. The normalized spacial score (nSPS) is 16.8. The highest BCUT2D eigenvalue weighted by atomic mass is 15.3. The highest BCUT2D eigenvalue weighted by molar-refractivity contribution is 4.69. The van der Waals surface area contributed by atoms with E-state index in [-0.39, 0.29) is 0 Å². The maximum absolute atomic E-state index is 2.52. The molecule has 0 saturated carbocycles. The summed E-state index contributed by atoms with van der Waals surface area (Å²) in [6.07, 6.45) is 11.4. The summed E-state index contributed by atoms with van der Waals surface area (Å²) >= 11 is 0. The second-order valence-corrected chi connectivity index (χ2v) is 9.19. The van der Waals surface area contributed by atoms with Crippen molar-refractivity contribution >= 4 is 0 Å². The molecule has 0 aliphatic rings. The van der Waals surface area contributed by atoms with Crippen molar-refractivity contribution < 1.29 is 4.48 Å². The average Bonchev–Trinajstić information content (AvgIpc) is 2.41. The van der Waals surface area contributed by atoms with Crippen molar-refractivity contribution in [3.05, 3.63) is 0 Å². The van der Waals surface area contributed by atoms with Gasteiger partial charge in [-0.25, -0.2) is 0 Å². The maximum atomic E-state index is 2.52. The third kappa shape index (κ3) is 11.5. The van der Waals surface area contributed by atoms with Crippen molar-refractivity contribution in [1.82, 2.24) is 0 Å². The van der Waals surface area contributed by atoms with Crippen LogP contribution in [0.4, 0.5) is 0 Å². The van der Waals surface area contributed by atoms with Crippen molar-refractivity contribution in [2.45, 2.75) is 86.0 Å². The van der Waals surface area contributed by atoms with Gasteiger partial charge in [0.25, 0.3) is 0 Å². The molecule has 0 bridgehead atoms. The Morgan fingerprint density at radius 2 is 1.23 bits per heavy atom. The first kappa shape index (κ1) is 22.0. The predicted molar refractivity (Wildman–Crippen MR) is 102 cm³/mol. The van der Waals surface area contributed by atoms with Gasteiger partial charge in [-0.3, -0.25) is 0 Å². The van der Waals surface area contributed by atoms with E-state index in [1.807, 2.05) is 0 Å². The van der Waals surface area contributed by atoms with E-state index in [9.17, 15) is 0 Å². The van der Waals surface area contributed by atoms with E-state index < -0.39 is 0 Å². The molecular weight excluding hydrogens is 266 g/mol. The highest BCUT2D eigenvalue weighted by Gasteiger charge is 2.19. The summed E-state index contributed by atoms with van der Waals surface area (Å²) in [7, 11) is 6.96. The van der Waals surface area contributed by atoms with E-state index in [1.54, 1.807) is 0 Å². The molecule has 0 aromatic heterocycles. The van der Waals surface area contributed by atoms with Gasteiger partial charge in [-0.15, -0.1) is 0 Å². The lowest BCUT2D eigenvalue weighted by Crippen LogP contribution is -2.35. The van der Waals surface area contributed by atoms with Crippen molar-refractivity contribution in [3.8, 4) is 0 Å². The number of quaternary nitrogens is 1. The zero-order valence-corrected chi connectivity index (χ0v) is 17.1. The standard InChI is InChI=1S/C21H46N/c1-9-10-11-13-21(14-12-17-22(6,7)8)20(5)16-15-19(4)18(2)3/h18-21H,9-17H2,1-8H3/q+1. The van der Waals surface area contributed by atoms with E-state index in [0.717, 1.165) is 28.2 Å². The lowest BCUT2D eigenvalue weighted by molar-refractivity contribution is -0.870. The Bertz CT molecular complexity index is 251. The number of unbranched alkanes of at least 4 members (excludes halogenated alkanes) is 2. The summed E-state index contributed by atoms with van der Waals surface area (Å²) < 4.78 is 1.11. The molecule has 134 valence electrons. The van der Waals surface area contributed by atoms with Crippen LogP contribution in [-0.2, 0) is 0 Å². The Balaban J connectivity index is 4.29. The van der Waals surface area contributed by atoms with Crippen LogP contribution in [0.15, 0.2) is 0 Å². The largest absolute Gasteiger partial charge is 0.331 e. The Kier molecular flexibility index (Phi) is 11.5. The molecule has 0 N–H and O–H groups in total. The van der Waals surface area contributed by atoms with Crippen molar-refractivity contribution in [2.24, 2.45) is 23.7 Å². The summed E-state index contributed by atoms with van der Waals surface area (Å²) in [5, 5.41) is 0. The van der Waals surface area contributed by atoms with Gasteiger partial charge in [0.1, 0.15) is 0 Å². The van der Waals surface area contributed by atoms with Gasteiger partial charge in [-0.2, -0.15) is 0 Å².